The Balaban J connectivity index is 2.12. The molecule has 0 bridgehead atoms. The summed E-state index contributed by atoms with van der Waals surface area (Å²) < 4.78 is 18.9. The van der Waals surface area contributed by atoms with Crippen LogP contribution in [0.1, 0.15) is 30.5 Å². The van der Waals surface area contributed by atoms with Gasteiger partial charge in [-0.15, -0.1) is 0 Å². The summed E-state index contributed by atoms with van der Waals surface area (Å²) in [7, 11) is 0. The van der Waals surface area contributed by atoms with Gasteiger partial charge in [0.15, 0.2) is 0 Å². The average Bonchev–Trinajstić information content (AvgIpc) is 2.48. The smallest absolute Gasteiger partial charge is 0.141 e. The lowest BCUT2D eigenvalue weighted by atomic mass is 10.0. The number of nitrogens with two attached hydrogens (primary N) is 1. The van der Waals surface area contributed by atoms with Crippen LogP contribution in [-0.4, -0.2) is 0 Å². The van der Waals surface area contributed by atoms with Crippen LogP contribution < -0.4 is 10.5 Å². The highest BCUT2D eigenvalue weighted by molar-refractivity contribution is 6.30. The highest BCUT2D eigenvalue weighted by atomic mass is 35.5. The maximum atomic E-state index is 13.1. The van der Waals surface area contributed by atoms with Crippen molar-refractivity contribution in [2.45, 2.75) is 26.0 Å². The van der Waals surface area contributed by atoms with E-state index in [2.05, 4.69) is 0 Å². The molecule has 0 fully saturated rings. The number of benzene rings is 2. The normalized spacial score (nSPS) is 12.2. The molecule has 4 heteroatoms. The monoisotopic (exact) mass is 293 g/mol. The van der Waals surface area contributed by atoms with Crippen molar-refractivity contribution in [3.63, 3.8) is 0 Å². The van der Waals surface area contributed by atoms with Crippen LogP contribution >= 0.6 is 11.6 Å². The van der Waals surface area contributed by atoms with Gasteiger partial charge in [-0.05, 0) is 30.2 Å². The van der Waals surface area contributed by atoms with Gasteiger partial charge in [0.25, 0.3) is 0 Å². The van der Waals surface area contributed by atoms with E-state index >= 15 is 0 Å². The molecule has 0 radical (unpaired) electrons. The quantitative estimate of drug-likeness (QED) is 0.883. The molecule has 2 aromatic rings. The lowest BCUT2D eigenvalue weighted by Gasteiger charge is -2.15. The van der Waals surface area contributed by atoms with Gasteiger partial charge in [-0.2, -0.15) is 0 Å². The van der Waals surface area contributed by atoms with Gasteiger partial charge in [0.05, 0.1) is 5.02 Å². The van der Waals surface area contributed by atoms with E-state index in [1.807, 2.05) is 31.2 Å². The summed E-state index contributed by atoms with van der Waals surface area (Å²) >= 11 is 5.75. The number of hydrogen-bond acceptors (Lipinski definition) is 2. The van der Waals surface area contributed by atoms with Crippen LogP contribution in [0.4, 0.5) is 4.39 Å². The second kappa shape index (κ2) is 6.73. The first-order chi connectivity index (χ1) is 9.61. The molecule has 0 saturated heterocycles. The summed E-state index contributed by atoms with van der Waals surface area (Å²) in [5, 5.41) is 0.102. The van der Waals surface area contributed by atoms with Crippen molar-refractivity contribution in [2.75, 3.05) is 0 Å². The number of para-hydroxylation sites is 1. The number of ether oxygens (including phenoxy) is 1. The van der Waals surface area contributed by atoms with Gasteiger partial charge in [-0.3, -0.25) is 0 Å². The Hall–Kier alpha value is -1.58. The molecule has 0 aliphatic heterocycles. The standard InChI is InChI=1S/C16H17ClFNO/c1-2-15(19)12-5-3-4-6-16(12)20-10-11-7-8-14(18)13(17)9-11/h3-9,15H,2,10,19H2,1H3/t15-/m1/s1. The van der Waals surface area contributed by atoms with Crippen molar-refractivity contribution in [3.8, 4) is 5.75 Å². The number of rotatable bonds is 5. The molecule has 0 unspecified atom stereocenters. The molecule has 0 aliphatic carbocycles. The molecule has 106 valence electrons. The van der Waals surface area contributed by atoms with E-state index < -0.39 is 5.82 Å². The minimum atomic E-state index is -0.427. The summed E-state index contributed by atoms with van der Waals surface area (Å²) in [6.45, 7) is 2.36. The lowest BCUT2D eigenvalue weighted by molar-refractivity contribution is 0.300. The van der Waals surface area contributed by atoms with Crippen molar-refractivity contribution < 1.29 is 9.13 Å². The van der Waals surface area contributed by atoms with Crippen LogP contribution in [0.2, 0.25) is 5.02 Å². The zero-order valence-corrected chi connectivity index (χ0v) is 12.0. The van der Waals surface area contributed by atoms with Gasteiger partial charge in [-0.1, -0.05) is 42.8 Å². The lowest BCUT2D eigenvalue weighted by Crippen LogP contribution is -2.10. The summed E-state index contributed by atoms with van der Waals surface area (Å²) in [5.41, 5.74) is 7.85. The first-order valence-electron chi connectivity index (χ1n) is 6.53. The molecule has 20 heavy (non-hydrogen) atoms. The Morgan fingerprint density at radius 1 is 1.25 bits per heavy atom. The van der Waals surface area contributed by atoms with E-state index in [0.717, 1.165) is 23.3 Å². The SMILES string of the molecule is CC[C@@H](N)c1ccccc1OCc1ccc(F)c(Cl)c1. The molecule has 2 rings (SSSR count). The second-order valence-corrected chi connectivity index (χ2v) is 5.00. The van der Waals surface area contributed by atoms with Crippen molar-refractivity contribution in [2.24, 2.45) is 5.73 Å². The molecular weight excluding hydrogens is 277 g/mol. The molecule has 0 spiro atoms. The third-order valence-corrected chi connectivity index (χ3v) is 3.43. The number of halogens is 2. The third-order valence-electron chi connectivity index (χ3n) is 3.14. The average molecular weight is 294 g/mol. The van der Waals surface area contributed by atoms with Gasteiger partial charge >= 0.3 is 0 Å². The van der Waals surface area contributed by atoms with Crippen molar-refractivity contribution in [3.05, 3.63) is 64.4 Å². The maximum Gasteiger partial charge on any atom is 0.141 e. The highest BCUT2D eigenvalue weighted by Gasteiger charge is 2.10. The van der Waals surface area contributed by atoms with Gasteiger partial charge in [-0.25, -0.2) is 4.39 Å². The molecular formula is C16H17ClFNO. The van der Waals surface area contributed by atoms with E-state index in [9.17, 15) is 4.39 Å². The van der Waals surface area contributed by atoms with Crippen molar-refractivity contribution >= 4 is 11.6 Å². The van der Waals surface area contributed by atoms with Crippen LogP contribution in [0.3, 0.4) is 0 Å². The molecule has 0 amide bonds. The Labute approximate surface area is 123 Å². The summed E-state index contributed by atoms with van der Waals surface area (Å²) in [6.07, 6.45) is 0.836. The zero-order valence-electron chi connectivity index (χ0n) is 11.3. The van der Waals surface area contributed by atoms with E-state index in [1.165, 1.54) is 6.07 Å². The van der Waals surface area contributed by atoms with E-state index in [4.69, 9.17) is 22.1 Å². The molecule has 1 atom stereocenters. The first-order valence-corrected chi connectivity index (χ1v) is 6.91. The summed E-state index contributed by atoms with van der Waals surface area (Å²) in [5.74, 6) is 0.325. The maximum absolute atomic E-state index is 13.1. The molecule has 2 aromatic carbocycles. The van der Waals surface area contributed by atoms with E-state index in [1.54, 1.807) is 12.1 Å². The van der Waals surface area contributed by atoms with Crippen molar-refractivity contribution in [1.82, 2.24) is 0 Å². The van der Waals surface area contributed by atoms with Gasteiger partial charge in [0.2, 0.25) is 0 Å². The minimum absolute atomic E-state index is 0.0528. The molecule has 0 aromatic heterocycles. The van der Waals surface area contributed by atoms with Crippen LogP contribution in [0, 0.1) is 5.82 Å². The zero-order chi connectivity index (χ0) is 14.5. The molecule has 2 N–H and O–H groups in total. The van der Waals surface area contributed by atoms with Crippen LogP contribution in [0.5, 0.6) is 5.75 Å². The Morgan fingerprint density at radius 3 is 2.70 bits per heavy atom. The predicted octanol–water partition coefficient (Wildman–Crippen LogP) is 4.47. The molecule has 0 aliphatic rings. The van der Waals surface area contributed by atoms with E-state index in [0.29, 0.717) is 6.61 Å². The highest BCUT2D eigenvalue weighted by Crippen LogP contribution is 2.26. The predicted molar refractivity (Wildman–Crippen MR) is 79.4 cm³/mol. The minimum Gasteiger partial charge on any atom is -0.489 e. The van der Waals surface area contributed by atoms with Crippen LogP contribution in [-0.2, 0) is 6.61 Å². The summed E-state index contributed by atoms with van der Waals surface area (Å²) in [4.78, 5) is 0. The Bertz CT molecular complexity index is 588. The molecule has 0 saturated carbocycles. The topological polar surface area (TPSA) is 35.2 Å². The fourth-order valence-electron chi connectivity index (χ4n) is 1.93. The van der Waals surface area contributed by atoms with E-state index in [-0.39, 0.29) is 11.1 Å². The first kappa shape index (κ1) is 14.8. The van der Waals surface area contributed by atoms with Gasteiger partial charge in [0.1, 0.15) is 18.2 Å². The fourth-order valence-corrected chi connectivity index (χ4v) is 2.13. The second-order valence-electron chi connectivity index (χ2n) is 4.59. The van der Waals surface area contributed by atoms with Crippen LogP contribution in [0.25, 0.3) is 0 Å². The Kier molecular flexibility index (Phi) is 4.99. The third kappa shape index (κ3) is 3.50. The fraction of sp³-hybridized carbons (Fsp3) is 0.250. The van der Waals surface area contributed by atoms with Gasteiger partial charge < -0.3 is 10.5 Å². The summed E-state index contributed by atoms with van der Waals surface area (Å²) in [6, 6.07) is 12.2. The Morgan fingerprint density at radius 2 is 2.00 bits per heavy atom. The number of hydrogen-bond donors (Lipinski definition) is 1. The molecule has 2 nitrogen and oxygen atoms in total. The molecule has 0 heterocycles. The van der Waals surface area contributed by atoms with Crippen LogP contribution in [0.15, 0.2) is 42.5 Å². The van der Waals surface area contributed by atoms with Gasteiger partial charge in [0, 0.05) is 11.6 Å². The van der Waals surface area contributed by atoms with Crippen molar-refractivity contribution in [1.29, 1.82) is 0 Å². The largest absolute Gasteiger partial charge is 0.489 e.